The molecule has 2 aromatic heterocycles. The Balaban J connectivity index is 1.96. The summed E-state index contributed by atoms with van der Waals surface area (Å²) in [5.41, 5.74) is 2.28. The second-order valence-corrected chi connectivity index (χ2v) is 4.96. The zero-order chi connectivity index (χ0) is 14.7. The van der Waals surface area contributed by atoms with Crippen molar-refractivity contribution in [3.05, 3.63) is 42.1 Å². The Bertz CT molecular complexity index is 700. The number of aromatic nitrogens is 5. The van der Waals surface area contributed by atoms with Gasteiger partial charge in [0.1, 0.15) is 12.2 Å². The molecule has 0 spiro atoms. The third kappa shape index (κ3) is 2.67. The van der Waals surface area contributed by atoms with Gasteiger partial charge in [-0.25, -0.2) is 4.98 Å². The molecule has 0 saturated carbocycles. The minimum Gasteiger partial charge on any atom is -0.307 e. The number of nitrogens with zero attached hydrogens (tertiary/aromatic N) is 4. The van der Waals surface area contributed by atoms with Gasteiger partial charge in [-0.2, -0.15) is 10.2 Å². The van der Waals surface area contributed by atoms with Crippen LogP contribution >= 0.6 is 0 Å². The van der Waals surface area contributed by atoms with Gasteiger partial charge in [0, 0.05) is 18.4 Å². The minimum absolute atomic E-state index is 0.0983. The fraction of sp³-hybridized carbons (Fsp3) is 0.400. The van der Waals surface area contributed by atoms with Crippen molar-refractivity contribution in [3.8, 4) is 0 Å². The molecular formula is C15H20N6. The number of H-pyrrole nitrogens is 1. The highest BCUT2D eigenvalue weighted by molar-refractivity contribution is 5.82. The molecule has 3 rings (SSSR count). The fourth-order valence-corrected chi connectivity index (χ4v) is 2.68. The van der Waals surface area contributed by atoms with E-state index in [0.717, 1.165) is 31.0 Å². The first kappa shape index (κ1) is 13.8. The number of benzene rings is 1. The van der Waals surface area contributed by atoms with Crippen molar-refractivity contribution in [1.29, 1.82) is 0 Å². The Hall–Kier alpha value is -2.21. The first-order valence-electron chi connectivity index (χ1n) is 7.36. The van der Waals surface area contributed by atoms with E-state index in [0.29, 0.717) is 0 Å². The average molecular weight is 284 g/mol. The topological polar surface area (TPSA) is 71.4 Å². The smallest absolute Gasteiger partial charge is 0.141 e. The van der Waals surface area contributed by atoms with Crippen LogP contribution in [-0.2, 0) is 13.0 Å². The molecule has 0 radical (unpaired) electrons. The van der Waals surface area contributed by atoms with Crippen molar-refractivity contribution >= 4 is 10.9 Å². The molecule has 0 aliphatic rings. The van der Waals surface area contributed by atoms with Crippen LogP contribution in [0.1, 0.15) is 31.4 Å². The van der Waals surface area contributed by atoms with E-state index < -0.39 is 0 Å². The monoisotopic (exact) mass is 284 g/mol. The van der Waals surface area contributed by atoms with Gasteiger partial charge in [0.25, 0.3) is 0 Å². The Morgan fingerprint density at radius 2 is 2.14 bits per heavy atom. The maximum Gasteiger partial charge on any atom is 0.141 e. The predicted molar refractivity (Wildman–Crippen MR) is 81.9 cm³/mol. The second kappa shape index (κ2) is 6.05. The minimum atomic E-state index is 0.0983. The number of rotatable bonds is 6. The van der Waals surface area contributed by atoms with E-state index in [-0.39, 0.29) is 6.04 Å². The van der Waals surface area contributed by atoms with Crippen LogP contribution < -0.4 is 5.32 Å². The molecule has 0 aliphatic heterocycles. The quantitative estimate of drug-likeness (QED) is 0.727. The summed E-state index contributed by atoms with van der Waals surface area (Å²) in [5, 5.41) is 16.3. The van der Waals surface area contributed by atoms with Crippen molar-refractivity contribution in [1.82, 2.24) is 30.3 Å². The van der Waals surface area contributed by atoms with Crippen LogP contribution in [0, 0.1) is 0 Å². The SMILES string of the molecule is CCNC(Cc1nn(CC)c2ccccc12)c1ncn[nH]1. The summed E-state index contributed by atoms with van der Waals surface area (Å²) in [6, 6.07) is 8.46. The highest BCUT2D eigenvalue weighted by atomic mass is 15.3. The number of nitrogens with one attached hydrogen (secondary N) is 2. The molecule has 0 bridgehead atoms. The molecule has 0 aliphatic carbocycles. The maximum atomic E-state index is 4.75. The van der Waals surface area contributed by atoms with E-state index in [1.54, 1.807) is 6.33 Å². The molecule has 1 aromatic carbocycles. The van der Waals surface area contributed by atoms with Crippen molar-refractivity contribution in [3.63, 3.8) is 0 Å². The number of aromatic amines is 1. The molecule has 0 saturated heterocycles. The van der Waals surface area contributed by atoms with E-state index in [1.807, 2.05) is 4.68 Å². The van der Waals surface area contributed by atoms with Crippen LogP contribution in [-0.4, -0.2) is 31.5 Å². The van der Waals surface area contributed by atoms with Gasteiger partial charge in [-0.15, -0.1) is 0 Å². The second-order valence-electron chi connectivity index (χ2n) is 4.96. The number of likely N-dealkylation sites (N-methyl/N-ethyl adjacent to an activating group) is 1. The lowest BCUT2D eigenvalue weighted by atomic mass is 10.1. The normalized spacial score (nSPS) is 12.9. The summed E-state index contributed by atoms with van der Waals surface area (Å²) in [6.45, 7) is 5.94. The van der Waals surface area contributed by atoms with E-state index in [9.17, 15) is 0 Å². The average Bonchev–Trinajstić information content (AvgIpc) is 3.15. The zero-order valence-electron chi connectivity index (χ0n) is 12.4. The molecule has 3 aromatic rings. The summed E-state index contributed by atoms with van der Waals surface area (Å²) in [6.07, 6.45) is 2.33. The first-order valence-corrected chi connectivity index (χ1v) is 7.36. The Morgan fingerprint density at radius 1 is 1.29 bits per heavy atom. The number of fused-ring (bicyclic) bond motifs is 1. The lowest BCUT2D eigenvalue weighted by Crippen LogP contribution is -2.24. The molecule has 2 heterocycles. The molecule has 6 nitrogen and oxygen atoms in total. The van der Waals surface area contributed by atoms with E-state index in [4.69, 9.17) is 5.10 Å². The summed E-state index contributed by atoms with van der Waals surface area (Å²) in [5.74, 6) is 0.854. The van der Waals surface area contributed by atoms with Gasteiger partial charge >= 0.3 is 0 Å². The van der Waals surface area contributed by atoms with Crippen LogP contribution in [0.4, 0.5) is 0 Å². The van der Waals surface area contributed by atoms with Gasteiger partial charge in [-0.1, -0.05) is 25.1 Å². The zero-order valence-corrected chi connectivity index (χ0v) is 12.4. The highest BCUT2D eigenvalue weighted by Gasteiger charge is 2.18. The van der Waals surface area contributed by atoms with Gasteiger partial charge in [0.15, 0.2) is 0 Å². The molecule has 1 unspecified atom stereocenters. The molecule has 110 valence electrons. The molecule has 0 fully saturated rings. The van der Waals surface area contributed by atoms with Crippen molar-refractivity contribution in [2.45, 2.75) is 32.9 Å². The molecule has 21 heavy (non-hydrogen) atoms. The van der Waals surface area contributed by atoms with E-state index >= 15 is 0 Å². The molecule has 6 heteroatoms. The molecule has 1 atom stereocenters. The van der Waals surface area contributed by atoms with Crippen LogP contribution in [0.2, 0.25) is 0 Å². The Morgan fingerprint density at radius 3 is 2.86 bits per heavy atom. The number of hydrogen-bond acceptors (Lipinski definition) is 4. The van der Waals surface area contributed by atoms with Crippen molar-refractivity contribution in [2.24, 2.45) is 0 Å². The Labute approximate surface area is 123 Å². The van der Waals surface area contributed by atoms with Gasteiger partial charge in [0.2, 0.25) is 0 Å². The van der Waals surface area contributed by atoms with Crippen molar-refractivity contribution in [2.75, 3.05) is 6.54 Å². The lowest BCUT2D eigenvalue weighted by Gasteiger charge is -2.13. The predicted octanol–water partition coefficient (Wildman–Crippen LogP) is 2.07. The third-order valence-corrected chi connectivity index (χ3v) is 3.65. The van der Waals surface area contributed by atoms with Gasteiger partial charge in [0.05, 0.1) is 17.3 Å². The number of hydrogen-bond donors (Lipinski definition) is 2. The third-order valence-electron chi connectivity index (χ3n) is 3.65. The number of aryl methyl sites for hydroxylation is 1. The van der Waals surface area contributed by atoms with Crippen LogP contribution in [0.25, 0.3) is 10.9 Å². The largest absolute Gasteiger partial charge is 0.307 e. The molecule has 0 amide bonds. The molecular weight excluding hydrogens is 264 g/mol. The maximum absolute atomic E-state index is 4.75. The van der Waals surface area contributed by atoms with Crippen LogP contribution in [0.5, 0.6) is 0 Å². The van der Waals surface area contributed by atoms with E-state index in [1.165, 1.54) is 10.9 Å². The summed E-state index contributed by atoms with van der Waals surface area (Å²) in [4.78, 5) is 4.27. The van der Waals surface area contributed by atoms with Crippen LogP contribution in [0.15, 0.2) is 30.6 Å². The first-order chi connectivity index (χ1) is 10.3. The number of para-hydroxylation sites is 1. The van der Waals surface area contributed by atoms with Crippen molar-refractivity contribution < 1.29 is 0 Å². The van der Waals surface area contributed by atoms with Gasteiger partial charge in [-0.05, 0) is 19.5 Å². The fourth-order valence-electron chi connectivity index (χ4n) is 2.68. The standard InChI is InChI=1S/C15H20N6/c1-3-16-13(15-17-10-18-19-15)9-12-11-7-5-6-8-14(11)21(4-2)20-12/h5-8,10,13,16H,3-4,9H2,1-2H3,(H,17,18,19). The lowest BCUT2D eigenvalue weighted by molar-refractivity contribution is 0.514. The van der Waals surface area contributed by atoms with Gasteiger partial charge in [-0.3, -0.25) is 9.78 Å². The summed E-state index contributed by atoms with van der Waals surface area (Å²) < 4.78 is 2.05. The molecule has 2 N–H and O–H groups in total. The summed E-state index contributed by atoms with van der Waals surface area (Å²) in [7, 11) is 0. The van der Waals surface area contributed by atoms with Crippen LogP contribution in [0.3, 0.4) is 0 Å². The summed E-state index contributed by atoms with van der Waals surface area (Å²) >= 11 is 0. The Kier molecular flexibility index (Phi) is 3.96. The van der Waals surface area contributed by atoms with E-state index in [2.05, 4.69) is 58.6 Å². The van der Waals surface area contributed by atoms with Gasteiger partial charge < -0.3 is 5.32 Å². The highest BCUT2D eigenvalue weighted by Crippen LogP contribution is 2.22.